The van der Waals surface area contributed by atoms with Crippen molar-refractivity contribution in [2.24, 2.45) is 0 Å². The number of carbonyl (C=O) groups is 1. The Hall–Kier alpha value is -1.13. The van der Waals surface area contributed by atoms with Crippen LogP contribution in [0.1, 0.15) is 174 Å². The van der Waals surface area contributed by atoms with Gasteiger partial charge in [-0.3, -0.25) is 4.79 Å². The Morgan fingerprint density at radius 1 is 0.590 bits per heavy atom. The van der Waals surface area contributed by atoms with E-state index in [1.54, 1.807) is 6.08 Å². The highest BCUT2D eigenvalue weighted by molar-refractivity contribution is 5.76. The summed E-state index contributed by atoms with van der Waals surface area (Å²) < 4.78 is 0. The number of unbranched alkanes of at least 4 members (excludes halogenated alkanes) is 21. The molecule has 1 amide bonds. The number of hydrogen-bond donors (Lipinski definition) is 3. The number of amides is 1. The molecular formula is C35H67NO3. The summed E-state index contributed by atoms with van der Waals surface area (Å²) in [6, 6.07) is -0.630. The molecule has 0 fully saturated rings. The van der Waals surface area contributed by atoms with Crippen LogP contribution in [-0.4, -0.2) is 34.9 Å². The number of aliphatic hydroxyl groups is 2. The normalized spacial score (nSPS) is 13.4. The Morgan fingerprint density at radius 2 is 1.00 bits per heavy atom. The zero-order chi connectivity index (χ0) is 28.7. The third-order valence-corrected chi connectivity index (χ3v) is 7.69. The molecule has 0 rings (SSSR count). The minimum atomic E-state index is -0.854. The van der Waals surface area contributed by atoms with E-state index in [9.17, 15) is 15.0 Å². The van der Waals surface area contributed by atoms with Crippen molar-refractivity contribution in [2.45, 2.75) is 187 Å². The first kappa shape index (κ1) is 37.9. The Balaban J connectivity index is 3.62. The van der Waals surface area contributed by atoms with Gasteiger partial charge in [-0.25, -0.2) is 0 Å². The third kappa shape index (κ3) is 28.2. The van der Waals surface area contributed by atoms with E-state index in [-0.39, 0.29) is 12.5 Å². The second-order valence-corrected chi connectivity index (χ2v) is 11.6. The van der Waals surface area contributed by atoms with Crippen LogP contribution in [0, 0.1) is 0 Å². The number of nitrogens with one attached hydrogen (secondary N) is 1. The molecule has 4 nitrogen and oxygen atoms in total. The molecule has 2 unspecified atom stereocenters. The Kier molecular flexibility index (Phi) is 30.5. The van der Waals surface area contributed by atoms with E-state index in [4.69, 9.17) is 0 Å². The molecule has 3 N–H and O–H groups in total. The monoisotopic (exact) mass is 550 g/mol. The van der Waals surface area contributed by atoms with E-state index >= 15 is 0 Å². The predicted molar refractivity (Wildman–Crippen MR) is 170 cm³/mol. The van der Waals surface area contributed by atoms with Gasteiger partial charge in [0.2, 0.25) is 5.91 Å². The highest BCUT2D eigenvalue weighted by Gasteiger charge is 2.17. The summed E-state index contributed by atoms with van der Waals surface area (Å²) in [7, 11) is 0. The van der Waals surface area contributed by atoms with Gasteiger partial charge in [-0.1, -0.05) is 160 Å². The van der Waals surface area contributed by atoms with E-state index < -0.39 is 12.1 Å². The zero-order valence-electron chi connectivity index (χ0n) is 26.2. The van der Waals surface area contributed by atoms with Gasteiger partial charge in [0.05, 0.1) is 18.8 Å². The Bertz CT molecular complexity index is 560. The molecule has 0 heterocycles. The van der Waals surface area contributed by atoms with Crippen LogP contribution in [0.15, 0.2) is 24.3 Å². The van der Waals surface area contributed by atoms with Gasteiger partial charge in [-0.15, -0.1) is 0 Å². The number of hydrogen-bond acceptors (Lipinski definition) is 3. The van der Waals surface area contributed by atoms with Crippen LogP contribution in [-0.2, 0) is 4.79 Å². The molecule has 0 spiro atoms. The van der Waals surface area contributed by atoms with Crippen molar-refractivity contribution in [3.05, 3.63) is 24.3 Å². The fourth-order valence-corrected chi connectivity index (χ4v) is 5.02. The standard InChI is InChI=1S/C35H67NO3/c1-3-5-7-9-11-12-13-14-15-16-17-18-19-20-21-22-23-25-26-28-30-34(38)33(32-37)36-35(39)31-29-27-24-10-8-6-4-2/h22-23,28,30,33-34,37-38H,3-21,24-27,29,31-32H2,1-2H3,(H,36,39)/b23-22+,30-28+. The van der Waals surface area contributed by atoms with Crippen molar-refractivity contribution < 1.29 is 15.0 Å². The molecule has 0 aromatic heterocycles. The van der Waals surface area contributed by atoms with Gasteiger partial charge in [0.15, 0.2) is 0 Å². The number of allylic oxidation sites excluding steroid dienone is 3. The molecule has 0 saturated heterocycles. The van der Waals surface area contributed by atoms with Crippen molar-refractivity contribution >= 4 is 5.91 Å². The minimum Gasteiger partial charge on any atom is -0.394 e. The van der Waals surface area contributed by atoms with Crippen LogP contribution in [0.25, 0.3) is 0 Å². The van der Waals surface area contributed by atoms with Gasteiger partial charge in [0.25, 0.3) is 0 Å². The first-order valence-corrected chi connectivity index (χ1v) is 17.1. The summed E-state index contributed by atoms with van der Waals surface area (Å²) >= 11 is 0. The van der Waals surface area contributed by atoms with Gasteiger partial charge in [0.1, 0.15) is 0 Å². The maximum Gasteiger partial charge on any atom is 0.220 e. The quantitative estimate of drug-likeness (QED) is 0.0617. The lowest BCUT2D eigenvalue weighted by atomic mass is 10.0. The number of carbonyl (C=O) groups excluding carboxylic acids is 1. The largest absolute Gasteiger partial charge is 0.394 e. The molecule has 2 atom stereocenters. The zero-order valence-corrected chi connectivity index (χ0v) is 26.2. The molecule has 0 bridgehead atoms. The van der Waals surface area contributed by atoms with E-state index in [1.165, 1.54) is 122 Å². The van der Waals surface area contributed by atoms with Crippen LogP contribution < -0.4 is 5.32 Å². The second kappa shape index (κ2) is 31.4. The molecule has 0 aliphatic heterocycles. The van der Waals surface area contributed by atoms with Gasteiger partial charge in [0, 0.05) is 6.42 Å². The molecule has 0 saturated carbocycles. The van der Waals surface area contributed by atoms with Crippen molar-refractivity contribution in [2.75, 3.05) is 6.61 Å². The molecule has 39 heavy (non-hydrogen) atoms. The smallest absolute Gasteiger partial charge is 0.220 e. The summed E-state index contributed by atoms with van der Waals surface area (Å²) in [4.78, 5) is 12.1. The predicted octanol–water partition coefficient (Wildman–Crippen LogP) is 9.73. The summed E-state index contributed by atoms with van der Waals surface area (Å²) in [5.41, 5.74) is 0. The summed E-state index contributed by atoms with van der Waals surface area (Å²) in [5.74, 6) is -0.0820. The van der Waals surface area contributed by atoms with Gasteiger partial charge < -0.3 is 15.5 Å². The van der Waals surface area contributed by atoms with Crippen LogP contribution in [0.3, 0.4) is 0 Å². The fraction of sp³-hybridized carbons (Fsp3) is 0.857. The van der Waals surface area contributed by atoms with Crippen LogP contribution in [0.5, 0.6) is 0 Å². The summed E-state index contributed by atoms with van der Waals surface area (Å²) in [6.07, 6.45) is 38.5. The number of rotatable bonds is 30. The van der Waals surface area contributed by atoms with Crippen LogP contribution >= 0.6 is 0 Å². The first-order valence-electron chi connectivity index (χ1n) is 17.1. The topological polar surface area (TPSA) is 69.6 Å². The lowest BCUT2D eigenvalue weighted by Gasteiger charge is -2.19. The molecule has 0 aliphatic rings. The van der Waals surface area contributed by atoms with Crippen molar-refractivity contribution in [1.82, 2.24) is 5.32 Å². The van der Waals surface area contributed by atoms with Gasteiger partial charge in [-0.05, 0) is 32.1 Å². The molecule has 0 aromatic rings. The Labute approximate surface area is 243 Å². The fourth-order valence-electron chi connectivity index (χ4n) is 5.02. The molecular weight excluding hydrogens is 482 g/mol. The second-order valence-electron chi connectivity index (χ2n) is 11.6. The van der Waals surface area contributed by atoms with Crippen LogP contribution in [0.2, 0.25) is 0 Å². The SMILES string of the molecule is CCCCCCCCCCCCCCCC/C=C/CC/C=C/C(O)C(CO)NC(=O)CCCCCCCCC. The average Bonchev–Trinajstić information content (AvgIpc) is 2.94. The lowest BCUT2D eigenvalue weighted by molar-refractivity contribution is -0.123. The Morgan fingerprint density at radius 3 is 1.49 bits per heavy atom. The van der Waals surface area contributed by atoms with E-state index in [1.807, 2.05) is 6.08 Å². The lowest BCUT2D eigenvalue weighted by Crippen LogP contribution is -2.45. The van der Waals surface area contributed by atoms with Crippen LogP contribution in [0.4, 0.5) is 0 Å². The molecule has 0 radical (unpaired) electrons. The van der Waals surface area contributed by atoms with Gasteiger partial charge >= 0.3 is 0 Å². The minimum absolute atomic E-state index is 0.0820. The maximum atomic E-state index is 12.1. The van der Waals surface area contributed by atoms with E-state index in [2.05, 4.69) is 31.3 Å². The molecule has 4 heteroatoms. The summed E-state index contributed by atoms with van der Waals surface area (Å²) in [6.45, 7) is 4.24. The molecule has 230 valence electrons. The highest BCUT2D eigenvalue weighted by atomic mass is 16.3. The maximum absolute atomic E-state index is 12.1. The highest BCUT2D eigenvalue weighted by Crippen LogP contribution is 2.14. The van der Waals surface area contributed by atoms with Crippen molar-refractivity contribution in [3.8, 4) is 0 Å². The van der Waals surface area contributed by atoms with Crippen molar-refractivity contribution in [1.29, 1.82) is 0 Å². The molecule has 0 aliphatic carbocycles. The number of aliphatic hydroxyl groups excluding tert-OH is 2. The average molecular weight is 550 g/mol. The van der Waals surface area contributed by atoms with Gasteiger partial charge in [-0.2, -0.15) is 0 Å². The van der Waals surface area contributed by atoms with E-state index in [0.29, 0.717) is 6.42 Å². The van der Waals surface area contributed by atoms with Crippen molar-refractivity contribution in [3.63, 3.8) is 0 Å². The van der Waals surface area contributed by atoms with E-state index in [0.717, 1.165) is 32.1 Å². The molecule has 0 aromatic carbocycles. The third-order valence-electron chi connectivity index (χ3n) is 7.69. The summed E-state index contributed by atoms with van der Waals surface area (Å²) in [5, 5.41) is 22.7. The first-order chi connectivity index (χ1) is 19.2.